The number of hydrogen-bond acceptors (Lipinski definition) is 5. The van der Waals surface area contributed by atoms with Gasteiger partial charge in [-0.1, -0.05) is 78.9 Å². The van der Waals surface area contributed by atoms with Crippen molar-refractivity contribution in [1.29, 1.82) is 0 Å². The average Bonchev–Trinajstić information content (AvgIpc) is 2.94. The van der Waals surface area contributed by atoms with Crippen LogP contribution in [0.1, 0.15) is 34.5 Å². The summed E-state index contributed by atoms with van der Waals surface area (Å²) in [4.78, 5) is 9.75. The molecule has 1 aromatic heterocycles. The van der Waals surface area contributed by atoms with Gasteiger partial charge in [-0.15, -0.1) is 0 Å². The van der Waals surface area contributed by atoms with E-state index in [4.69, 9.17) is 10.1 Å². The first kappa shape index (κ1) is 28.6. The molecule has 0 aliphatic carbocycles. The molecular formula is C33H39FN4O. The third-order valence-corrected chi connectivity index (χ3v) is 6.55. The molecule has 6 heteroatoms. The van der Waals surface area contributed by atoms with Crippen LogP contribution in [0.25, 0.3) is 0 Å². The summed E-state index contributed by atoms with van der Waals surface area (Å²) in [5.41, 5.74) is 5.47. The highest BCUT2D eigenvalue weighted by Crippen LogP contribution is 2.16. The van der Waals surface area contributed by atoms with Crippen LogP contribution in [0.15, 0.2) is 103 Å². The van der Waals surface area contributed by atoms with E-state index < -0.39 is 0 Å². The second-order valence-electron chi connectivity index (χ2n) is 9.90. The van der Waals surface area contributed by atoms with Crippen molar-refractivity contribution in [3.63, 3.8) is 0 Å². The minimum atomic E-state index is -0.211. The summed E-state index contributed by atoms with van der Waals surface area (Å²) in [6.07, 6.45) is 0.761. The van der Waals surface area contributed by atoms with Crippen LogP contribution in [0.3, 0.4) is 0 Å². The standard InChI is InChI=1S/C33H39FN4O/c34-31-15-7-14-30(22-31)25-38(24-29-12-5-2-6-13-29)27-33-17-8-16-32(36-33)26-37(20-19-35-18-9-21-39)23-28-10-3-1-4-11-28/h1-8,10-17,22,35,39H,9,18-21,23-27H2. The van der Waals surface area contributed by atoms with Crippen molar-refractivity contribution in [3.8, 4) is 0 Å². The number of aliphatic hydroxyl groups is 1. The van der Waals surface area contributed by atoms with Gasteiger partial charge in [-0.3, -0.25) is 14.8 Å². The molecule has 2 N–H and O–H groups in total. The minimum Gasteiger partial charge on any atom is -0.396 e. The topological polar surface area (TPSA) is 51.6 Å². The van der Waals surface area contributed by atoms with Crippen molar-refractivity contribution >= 4 is 0 Å². The second kappa shape index (κ2) is 15.9. The molecule has 0 unspecified atom stereocenters. The zero-order valence-corrected chi connectivity index (χ0v) is 22.6. The van der Waals surface area contributed by atoms with Gasteiger partial charge >= 0.3 is 0 Å². The van der Waals surface area contributed by atoms with E-state index in [2.05, 4.69) is 81.8 Å². The second-order valence-corrected chi connectivity index (χ2v) is 9.90. The first-order chi connectivity index (χ1) is 19.2. The van der Waals surface area contributed by atoms with Crippen LogP contribution in [0.5, 0.6) is 0 Å². The summed E-state index contributed by atoms with van der Waals surface area (Å²) in [6, 6.07) is 34.0. The summed E-state index contributed by atoms with van der Waals surface area (Å²) in [5, 5.41) is 12.5. The fourth-order valence-electron chi connectivity index (χ4n) is 4.69. The maximum atomic E-state index is 13.9. The van der Waals surface area contributed by atoms with Crippen LogP contribution in [0.2, 0.25) is 0 Å². The molecule has 0 aliphatic heterocycles. The monoisotopic (exact) mass is 526 g/mol. The Hall–Kier alpha value is -3.42. The molecule has 0 fully saturated rings. The highest BCUT2D eigenvalue weighted by atomic mass is 19.1. The Labute approximate surface area is 232 Å². The highest BCUT2D eigenvalue weighted by Gasteiger charge is 2.12. The third-order valence-electron chi connectivity index (χ3n) is 6.55. The fourth-order valence-corrected chi connectivity index (χ4v) is 4.69. The van der Waals surface area contributed by atoms with Gasteiger partial charge in [0.1, 0.15) is 5.82 Å². The van der Waals surface area contributed by atoms with Gasteiger partial charge in [0.05, 0.1) is 11.4 Å². The van der Waals surface area contributed by atoms with Crippen molar-refractivity contribution < 1.29 is 9.50 Å². The summed E-state index contributed by atoms with van der Waals surface area (Å²) < 4.78 is 13.9. The summed E-state index contributed by atoms with van der Waals surface area (Å²) in [7, 11) is 0. The lowest BCUT2D eigenvalue weighted by molar-refractivity contribution is 0.240. The van der Waals surface area contributed by atoms with Crippen LogP contribution in [-0.4, -0.2) is 46.1 Å². The molecule has 0 spiro atoms. The molecule has 5 nitrogen and oxygen atoms in total. The number of aliphatic hydroxyl groups excluding tert-OH is 1. The summed E-state index contributed by atoms with van der Waals surface area (Å²) in [5.74, 6) is -0.211. The molecule has 4 aromatic rings. The van der Waals surface area contributed by atoms with Gasteiger partial charge in [-0.2, -0.15) is 0 Å². The quantitative estimate of drug-likeness (QED) is 0.192. The lowest BCUT2D eigenvalue weighted by Crippen LogP contribution is -2.32. The first-order valence-electron chi connectivity index (χ1n) is 13.7. The lowest BCUT2D eigenvalue weighted by Gasteiger charge is -2.24. The van der Waals surface area contributed by atoms with Gasteiger partial charge < -0.3 is 10.4 Å². The Morgan fingerprint density at radius 3 is 1.82 bits per heavy atom. The third kappa shape index (κ3) is 10.3. The maximum Gasteiger partial charge on any atom is 0.123 e. The van der Waals surface area contributed by atoms with Gasteiger partial charge in [0.2, 0.25) is 0 Å². The first-order valence-corrected chi connectivity index (χ1v) is 13.7. The smallest absolute Gasteiger partial charge is 0.123 e. The Morgan fingerprint density at radius 2 is 1.18 bits per heavy atom. The van der Waals surface area contributed by atoms with Crippen LogP contribution in [0, 0.1) is 5.82 Å². The van der Waals surface area contributed by atoms with E-state index in [0.717, 1.165) is 62.6 Å². The van der Waals surface area contributed by atoms with E-state index in [9.17, 15) is 4.39 Å². The SMILES string of the molecule is OCCCNCCN(Cc1ccccc1)Cc1cccc(CN(Cc2ccccc2)Cc2cccc(F)c2)n1. The van der Waals surface area contributed by atoms with Gasteiger partial charge in [0.15, 0.2) is 0 Å². The summed E-state index contributed by atoms with van der Waals surface area (Å²) in [6.45, 7) is 6.39. The molecule has 0 bridgehead atoms. The molecule has 0 amide bonds. The highest BCUT2D eigenvalue weighted by molar-refractivity contribution is 5.19. The molecule has 3 aromatic carbocycles. The molecule has 1 heterocycles. The zero-order valence-electron chi connectivity index (χ0n) is 22.6. The Morgan fingerprint density at radius 1 is 0.615 bits per heavy atom. The summed E-state index contributed by atoms with van der Waals surface area (Å²) >= 11 is 0. The van der Waals surface area contributed by atoms with E-state index in [-0.39, 0.29) is 12.4 Å². The minimum absolute atomic E-state index is 0.206. The fraction of sp³-hybridized carbons (Fsp3) is 0.303. The number of benzene rings is 3. The largest absolute Gasteiger partial charge is 0.396 e. The predicted octanol–water partition coefficient (Wildman–Crippen LogP) is 5.40. The number of aromatic nitrogens is 1. The number of rotatable bonds is 16. The molecule has 204 valence electrons. The molecule has 4 rings (SSSR count). The normalized spacial score (nSPS) is 11.4. The van der Waals surface area contributed by atoms with Gasteiger partial charge in [0, 0.05) is 52.4 Å². The van der Waals surface area contributed by atoms with Gasteiger partial charge in [0.25, 0.3) is 0 Å². The Balaban J connectivity index is 1.45. The molecule has 0 atom stereocenters. The van der Waals surface area contributed by atoms with E-state index >= 15 is 0 Å². The van der Waals surface area contributed by atoms with Crippen molar-refractivity contribution in [1.82, 2.24) is 20.1 Å². The Kier molecular flexibility index (Phi) is 11.6. The maximum absolute atomic E-state index is 13.9. The van der Waals surface area contributed by atoms with Crippen molar-refractivity contribution in [2.24, 2.45) is 0 Å². The van der Waals surface area contributed by atoms with Crippen molar-refractivity contribution in [3.05, 3.63) is 137 Å². The van der Waals surface area contributed by atoms with E-state index in [1.165, 1.54) is 17.2 Å². The number of pyridine rings is 1. The molecule has 0 radical (unpaired) electrons. The van der Waals surface area contributed by atoms with E-state index in [0.29, 0.717) is 13.1 Å². The molecular weight excluding hydrogens is 487 g/mol. The van der Waals surface area contributed by atoms with Crippen LogP contribution in [-0.2, 0) is 32.7 Å². The zero-order chi connectivity index (χ0) is 27.1. The van der Waals surface area contributed by atoms with E-state index in [1.807, 2.05) is 18.2 Å². The predicted molar refractivity (Wildman–Crippen MR) is 155 cm³/mol. The molecule has 0 saturated heterocycles. The van der Waals surface area contributed by atoms with Crippen molar-refractivity contribution in [2.45, 2.75) is 39.1 Å². The van der Waals surface area contributed by atoms with Gasteiger partial charge in [-0.25, -0.2) is 4.39 Å². The lowest BCUT2D eigenvalue weighted by atomic mass is 10.1. The van der Waals surface area contributed by atoms with Crippen LogP contribution in [0.4, 0.5) is 4.39 Å². The molecule has 0 saturated carbocycles. The number of nitrogens with zero attached hydrogens (tertiary/aromatic N) is 3. The van der Waals surface area contributed by atoms with Crippen LogP contribution < -0.4 is 5.32 Å². The molecule has 39 heavy (non-hydrogen) atoms. The molecule has 0 aliphatic rings. The Bertz CT molecular complexity index is 1240. The van der Waals surface area contributed by atoms with Crippen molar-refractivity contribution in [2.75, 3.05) is 26.2 Å². The average molecular weight is 527 g/mol. The van der Waals surface area contributed by atoms with Gasteiger partial charge in [-0.05, 0) is 53.9 Å². The number of hydrogen-bond donors (Lipinski definition) is 2. The van der Waals surface area contributed by atoms with Crippen LogP contribution >= 0.6 is 0 Å². The number of nitrogens with one attached hydrogen (secondary N) is 1. The van der Waals surface area contributed by atoms with E-state index in [1.54, 1.807) is 12.1 Å². The number of halogens is 1.